The number of carbonyl (C=O) groups is 1. The molecule has 0 radical (unpaired) electrons. The van der Waals surface area contributed by atoms with Crippen LogP contribution in [0.15, 0.2) is 30.3 Å². The van der Waals surface area contributed by atoms with Crippen molar-refractivity contribution in [3.8, 4) is 5.88 Å². The van der Waals surface area contributed by atoms with Crippen LogP contribution in [0.3, 0.4) is 0 Å². The number of amides is 1. The minimum atomic E-state index is -0.844. The van der Waals surface area contributed by atoms with Crippen molar-refractivity contribution in [2.75, 3.05) is 38.2 Å². The third-order valence-electron chi connectivity index (χ3n) is 3.89. The molecule has 0 unspecified atom stereocenters. The topological polar surface area (TPSA) is 58.6 Å². The highest BCUT2D eigenvalue weighted by atomic mass is 19.1. The lowest BCUT2D eigenvalue weighted by Crippen LogP contribution is -2.49. The molecule has 24 heavy (non-hydrogen) atoms. The first-order valence-electron chi connectivity index (χ1n) is 7.45. The summed E-state index contributed by atoms with van der Waals surface area (Å²) in [7, 11) is 1.52. The van der Waals surface area contributed by atoms with E-state index in [1.165, 1.54) is 13.2 Å². The van der Waals surface area contributed by atoms with Crippen molar-refractivity contribution >= 4 is 11.7 Å². The van der Waals surface area contributed by atoms with Crippen LogP contribution in [0.4, 0.5) is 14.6 Å². The number of piperazine rings is 1. The second-order valence-corrected chi connectivity index (χ2v) is 5.34. The van der Waals surface area contributed by atoms with Crippen molar-refractivity contribution in [2.45, 2.75) is 0 Å². The molecule has 126 valence electrons. The molecule has 2 heterocycles. The third kappa shape index (κ3) is 3.27. The standard InChI is InChI=1S/C16H16F2N4O2/c1-24-15-5-4-14(19-20-15)21-6-8-22(9-7-21)16(23)12-3-2-11(17)10-13(12)18/h2-5,10H,6-9H2,1H3. The maximum absolute atomic E-state index is 13.7. The van der Waals surface area contributed by atoms with E-state index >= 15 is 0 Å². The number of rotatable bonds is 3. The van der Waals surface area contributed by atoms with Crippen LogP contribution in [0.1, 0.15) is 10.4 Å². The van der Waals surface area contributed by atoms with Crippen LogP contribution in [0, 0.1) is 11.6 Å². The quantitative estimate of drug-likeness (QED) is 0.855. The number of carbonyl (C=O) groups excluding carboxylic acids is 1. The van der Waals surface area contributed by atoms with Crippen molar-refractivity contribution in [2.24, 2.45) is 0 Å². The number of anilines is 1. The monoisotopic (exact) mass is 334 g/mol. The van der Waals surface area contributed by atoms with Gasteiger partial charge < -0.3 is 14.5 Å². The molecule has 0 N–H and O–H groups in total. The number of aromatic nitrogens is 2. The van der Waals surface area contributed by atoms with E-state index in [1.807, 2.05) is 4.90 Å². The number of nitrogens with zero attached hydrogens (tertiary/aromatic N) is 4. The normalized spacial score (nSPS) is 14.6. The van der Waals surface area contributed by atoms with E-state index < -0.39 is 17.5 Å². The van der Waals surface area contributed by atoms with E-state index in [4.69, 9.17) is 4.74 Å². The van der Waals surface area contributed by atoms with Crippen LogP contribution in [0.5, 0.6) is 5.88 Å². The molecule has 1 aromatic heterocycles. The summed E-state index contributed by atoms with van der Waals surface area (Å²) in [6.07, 6.45) is 0. The van der Waals surface area contributed by atoms with E-state index in [0.717, 1.165) is 12.1 Å². The Balaban J connectivity index is 1.64. The van der Waals surface area contributed by atoms with Crippen molar-refractivity contribution in [1.82, 2.24) is 15.1 Å². The van der Waals surface area contributed by atoms with Crippen LogP contribution >= 0.6 is 0 Å². The zero-order chi connectivity index (χ0) is 17.1. The van der Waals surface area contributed by atoms with Gasteiger partial charge in [-0.2, -0.15) is 0 Å². The second-order valence-electron chi connectivity index (χ2n) is 5.34. The lowest BCUT2D eigenvalue weighted by Gasteiger charge is -2.35. The molecular formula is C16H16F2N4O2. The van der Waals surface area contributed by atoms with Crippen LogP contribution in [-0.2, 0) is 0 Å². The summed E-state index contributed by atoms with van der Waals surface area (Å²) in [5.41, 5.74) is -0.117. The summed E-state index contributed by atoms with van der Waals surface area (Å²) >= 11 is 0. The van der Waals surface area contributed by atoms with Crippen molar-refractivity contribution < 1.29 is 18.3 Å². The lowest BCUT2D eigenvalue weighted by molar-refractivity contribution is 0.0741. The molecule has 6 nitrogen and oxygen atoms in total. The molecule has 1 amide bonds. The van der Waals surface area contributed by atoms with Gasteiger partial charge in [-0.05, 0) is 18.2 Å². The summed E-state index contributed by atoms with van der Waals surface area (Å²) in [5, 5.41) is 7.99. The summed E-state index contributed by atoms with van der Waals surface area (Å²) < 4.78 is 31.7. The third-order valence-corrected chi connectivity index (χ3v) is 3.89. The smallest absolute Gasteiger partial charge is 0.256 e. The Morgan fingerprint density at radius 2 is 1.83 bits per heavy atom. The Morgan fingerprint density at radius 1 is 1.08 bits per heavy atom. The molecule has 1 fully saturated rings. The Bertz CT molecular complexity index is 731. The molecule has 1 saturated heterocycles. The van der Waals surface area contributed by atoms with Crippen LogP contribution in [0.25, 0.3) is 0 Å². The lowest BCUT2D eigenvalue weighted by atomic mass is 10.1. The summed E-state index contributed by atoms with van der Waals surface area (Å²) in [5.74, 6) is -0.862. The number of hydrogen-bond acceptors (Lipinski definition) is 5. The number of benzene rings is 1. The molecule has 0 aliphatic carbocycles. The number of halogens is 2. The Kier molecular flexibility index (Phi) is 4.54. The van der Waals surface area contributed by atoms with E-state index in [1.54, 1.807) is 17.0 Å². The second kappa shape index (κ2) is 6.77. The maximum Gasteiger partial charge on any atom is 0.256 e. The van der Waals surface area contributed by atoms with Crippen molar-refractivity contribution in [3.05, 3.63) is 47.5 Å². The van der Waals surface area contributed by atoms with E-state index in [-0.39, 0.29) is 5.56 Å². The molecule has 0 atom stereocenters. The van der Waals surface area contributed by atoms with Crippen molar-refractivity contribution in [3.63, 3.8) is 0 Å². The van der Waals surface area contributed by atoms with Gasteiger partial charge in [0.05, 0.1) is 12.7 Å². The number of methoxy groups -OCH3 is 1. The van der Waals surface area contributed by atoms with Gasteiger partial charge in [0.2, 0.25) is 5.88 Å². The predicted octanol–water partition coefficient (Wildman–Crippen LogP) is 1.73. The Hall–Kier alpha value is -2.77. The van der Waals surface area contributed by atoms with E-state index in [9.17, 15) is 13.6 Å². The van der Waals surface area contributed by atoms with Gasteiger partial charge in [0.1, 0.15) is 11.6 Å². The van der Waals surface area contributed by atoms with Gasteiger partial charge in [0, 0.05) is 38.3 Å². The molecule has 2 aromatic rings. The molecule has 1 aliphatic heterocycles. The van der Waals surface area contributed by atoms with Gasteiger partial charge in [0.15, 0.2) is 5.82 Å². The average Bonchev–Trinajstić information content (AvgIpc) is 2.61. The van der Waals surface area contributed by atoms with Crippen LogP contribution < -0.4 is 9.64 Å². The first-order valence-corrected chi connectivity index (χ1v) is 7.45. The molecular weight excluding hydrogens is 318 g/mol. The molecule has 0 spiro atoms. The zero-order valence-corrected chi connectivity index (χ0v) is 13.1. The summed E-state index contributed by atoms with van der Waals surface area (Å²) in [6, 6.07) is 6.49. The van der Waals surface area contributed by atoms with Crippen molar-refractivity contribution in [1.29, 1.82) is 0 Å². The number of ether oxygens (including phenoxy) is 1. The van der Waals surface area contributed by atoms with Gasteiger partial charge in [0.25, 0.3) is 5.91 Å². The highest BCUT2D eigenvalue weighted by Gasteiger charge is 2.25. The zero-order valence-electron chi connectivity index (χ0n) is 13.1. The highest BCUT2D eigenvalue weighted by Crippen LogP contribution is 2.17. The fraction of sp³-hybridized carbons (Fsp3) is 0.312. The Morgan fingerprint density at radius 3 is 2.42 bits per heavy atom. The molecule has 8 heteroatoms. The van der Waals surface area contributed by atoms with E-state index in [0.29, 0.717) is 37.9 Å². The SMILES string of the molecule is COc1ccc(N2CCN(C(=O)c3ccc(F)cc3F)CC2)nn1. The highest BCUT2D eigenvalue weighted by molar-refractivity contribution is 5.94. The first kappa shape index (κ1) is 16.1. The molecule has 0 saturated carbocycles. The fourth-order valence-corrected chi connectivity index (χ4v) is 2.56. The van der Waals surface area contributed by atoms with Gasteiger partial charge in [-0.25, -0.2) is 8.78 Å². The van der Waals surface area contributed by atoms with Gasteiger partial charge in [-0.15, -0.1) is 10.2 Å². The number of hydrogen-bond donors (Lipinski definition) is 0. The van der Waals surface area contributed by atoms with Crippen LogP contribution in [0.2, 0.25) is 0 Å². The van der Waals surface area contributed by atoms with Gasteiger partial charge in [-0.1, -0.05) is 0 Å². The fourth-order valence-electron chi connectivity index (χ4n) is 2.56. The van der Waals surface area contributed by atoms with Crippen LogP contribution in [-0.4, -0.2) is 54.3 Å². The minimum absolute atomic E-state index is 0.117. The molecule has 1 aromatic carbocycles. The molecule has 0 bridgehead atoms. The minimum Gasteiger partial charge on any atom is -0.480 e. The van der Waals surface area contributed by atoms with Gasteiger partial charge in [-0.3, -0.25) is 4.79 Å². The largest absolute Gasteiger partial charge is 0.480 e. The predicted molar refractivity (Wildman–Crippen MR) is 83.1 cm³/mol. The first-order chi connectivity index (χ1) is 11.6. The van der Waals surface area contributed by atoms with Gasteiger partial charge >= 0.3 is 0 Å². The molecule has 3 rings (SSSR count). The van der Waals surface area contributed by atoms with E-state index in [2.05, 4.69) is 10.2 Å². The molecule has 1 aliphatic rings. The summed E-state index contributed by atoms with van der Waals surface area (Å²) in [4.78, 5) is 15.9. The summed E-state index contributed by atoms with van der Waals surface area (Å²) in [6.45, 7) is 1.94. The maximum atomic E-state index is 13.7. The Labute approximate surface area is 137 Å². The average molecular weight is 334 g/mol.